The van der Waals surface area contributed by atoms with Crippen LogP contribution in [0, 0.1) is 13.8 Å². The first-order valence-electron chi connectivity index (χ1n) is 4.51. The third-order valence-corrected chi connectivity index (χ3v) is 3.21. The number of methoxy groups -OCH3 is 1. The molecule has 0 aliphatic rings. The largest absolute Gasteiger partial charge is 0.495 e. The molecule has 0 bridgehead atoms. The summed E-state index contributed by atoms with van der Waals surface area (Å²) in [5, 5.41) is 8.72. The third kappa shape index (κ3) is 2.09. The molecule has 0 aromatic heterocycles. The molecule has 86 valence electrons. The number of Topliss-reactive ketones (excluding diaryl/α,β-unsaturated/α-hetero) is 1. The summed E-state index contributed by atoms with van der Waals surface area (Å²) in [4.78, 5) is 22.2. The van der Waals surface area contributed by atoms with Crippen LogP contribution in [0.25, 0.3) is 0 Å². The molecule has 0 atom stereocenters. The van der Waals surface area contributed by atoms with Crippen LogP contribution < -0.4 is 4.74 Å². The molecule has 1 N–H and O–H groups in total. The Morgan fingerprint density at radius 1 is 1.31 bits per heavy atom. The van der Waals surface area contributed by atoms with Crippen molar-refractivity contribution in [3.05, 3.63) is 27.2 Å². The molecule has 4 nitrogen and oxygen atoms in total. The first kappa shape index (κ1) is 12.7. The van der Waals surface area contributed by atoms with Gasteiger partial charge in [-0.2, -0.15) is 0 Å². The lowest BCUT2D eigenvalue weighted by molar-refractivity contribution is -0.131. The number of ether oxygens (including phenoxy) is 1. The molecule has 0 radical (unpaired) electrons. The van der Waals surface area contributed by atoms with Gasteiger partial charge in [0, 0.05) is 0 Å². The number of hydrogen-bond donors (Lipinski definition) is 1. The van der Waals surface area contributed by atoms with Gasteiger partial charge in [0.15, 0.2) is 0 Å². The van der Waals surface area contributed by atoms with Crippen LogP contribution in [0.1, 0.15) is 21.5 Å². The average molecular weight is 287 g/mol. The molecule has 16 heavy (non-hydrogen) atoms. The smallest absolute Gasteiger partial charge is 0.377 e. The molecule has 0 unspecified atom stereocenters. The maximum absolute atomic E-state index is 11.5. The molecule has 0 aliphatic carbocycles. The van der Waals surface area contributed by atoms with Crippen molar-refractivity contribution < 1.29 is 19.4 Å². The Bertz CT molecular complexity index is 466. The predicted octanol–water partition coefficient (Wildman–Crippen LogP) is 2.34. The molecule has 0 amide bonds. The van der Waals surface area contributed by atoms with Gasteiger partial charge in [0.05, 0.1) is 17.1 Å². The number of aliphatic carboxylic acids is 1. The Hall–Kier alpha value is -1.36. The van der Waals surface area contributed by atoms with E-state index >= 15 is 0 Å². The lowest BCUT2D eigenvalue weighted by atomic mass is 10.0. The van der Waals surface area contributed by atoms with Gasteiger partial charge in [0.1, 0.15) is 5.75 Å². The van der Waals surface area contributed by atoms with E-state index in [2.05, 4.69) is 15.9 Å². The highest BCUT2D eigenvalue weighted by atomic mass is 79.9. The first-order valence-corrected chi connectivity index (χ1v) is 5.30. The zero-order chi connectivity index (χ0) is 12.5. The molecular weight excluding hydrogens is 276 g/mol. The quantitative estimate of drug-likeness (QED) is 0.684. The molecule has 0 aliphatic heterocycles. The Balaban J connectivity index is 3.55. The molecule has 0 fully saturated rings. The highest BCUT2D eigenvalue weighted by Gasteiger charge is 2.24. The molecule has 0 spiro atoms. The van der Waals surface area contributed by atoms with Crippen molar-refractivity contribution in [2.75, 3.05) is 7.11 Å². The van der Waals surface area contributed by atoms with Crippen molar-refractivity contribution in [2.45, 2.75) is 13.8 Å². The highest BCUT2D eigenvalue weighted by molar-refractivity contribution is 9.10. The van der Waals surface area contributed by atoms with Gasteiger partial charge in [0.25, 0.3) is 5.78 Å². The van der Waals surface area contributed by atoms with E-state index in [1.165, 1.54) is 7.11 Å². The SMILES string of the molecule is COc1c(Br)c(C)cc(C)c1C(=O)C(=O)O. The van der Waals surface area contributed by atoms with Crippen molar-refractivity contribution in [1.29, 1.82) is 0 Å². The highest BCUT2D eigenvalue weighted by Crippen LogP contribution is 2.34. The molecule has 0 saturated heterocycles. The monoisotopic (exact) mass is 286 g/mol. The number of carboxylic acid groups (broad SMARTS) is 1. The fraction of sp³-hybridized carbons (Fsp3) is 0.273. The second kappa shape index (κ2) is 4.65. The van der Waals surface area contributed by atoms with Crippen LogP contribution in [-0.2, 0) is 4.79 Å². The number of halogens is 1. The van der Waals surface area contributed by atoms with E-state index in [1.54, 1.807) is 13.0 Å². The third-order valence-electron chi connectivity index (χ3n) is 2.23. The van der Waals surface area contributed by atoms with Crippen LogP contribution >= 0.6 is 15.9 Å². The summed E-state index contributed by atoms with van der Waals surface area (Å²) in [7, 11) is 1.40. The minimum absolute atomic E-state index is 0.0903. The van der Waals surface area contributed by atoms with Gasteiger partial charge in [-0.25, -0.2) is 4.79 Å². The van der Waals surface area contributed by atoms with Gasteiger partial charge < -0.3 is 9.84 Å². The standard InChI is InChI=1S/C11H11BrO4/c1-5-4-6(2)8(12)10(16-3)7(5)9(13)11(14)15/h4H,1-3H3,(H,14,15). The Kier molecular flexibility index (Phi) is 3.70. The second-order valence-corrected chi connectivity index (χ2v) is 4.16. The van der Waals surface area contributed by atoms with Crippen molar-refractivity contribution in [3.63, 3.8) is 0 Å². The number of carboxylic acids is 1. The molecule has 0 saturated carbocycles. The van der Waals surface area contributed by atoms with E-state index < -0.39 is 11.8 Å². The minimum atomic E-state index is -1.49. The van der Waals surface area contributed by atoms with Gasteiger partial charge in [-0.1, -0.05) is 6.07 Å². The maximum Gasteiger partial charge on any atom is 0.377 e. The Morgan fingerprint density at radius 3 is 2.31 bits per heavy atom. The lowest BCUT2D eigenvalue weighted by Crippen LogP contribution is -2.16. The fourth-order valence-corrected chi connectivity index (χ4v) is 1.98. The fourth-order valence-electron chi connectivity index (χ4n) is 1.51. The molecule has 1 aromatic rings. The van der Waals surface area contributed by atoms with Crippen molar-refractivity contribution in [2.24, 2.45) is 0 Å². The molecule has 5 heteroatoms. The summed E-state index contributed by atoms with van der Waals surface area (Å²) in [5.41, 5.74) is 1.56. The number of aryl methyl sites for hydroxylation is 2. The predicted molar refractivity (Wildman–Crippen MR) is 62.1 cm³/mol. The zero-order valence-electron chi connectivity index (χ0n) is 9.13. The van der Waals surface area contributed by atoms with E-state index in [4.69, 9.17) is 9.84 Å². The summed E-state index contributed by atoms with van der Waals surface area (Å²) < 4.78 is 5.68. The molecular formula is C11H11BrO4. The van der Waals surface area contributed by atoms with Crippen LogP contribution in [0.4, 0.5) is 0 Å². The lowest BCUT2D eigenvalue weighted by Gasteiger charge is -2.13. The summed E-state index contributed by atoms with van der Waals surface area (Å²) in [6.45, 7) is 3.52. The van der Waals surface area contributed by atoms with Gasteiger partial charge in [-0.15, -0.1) is 0 Å². The number of carbonyl (C=O) groups is 2. The number of carbonyl (C=O) groups excluding carboxylic acids is 1. The molecule has 0 heterocycles. The van der Waals surface area contributed by atoms with Crippen LogP contribution in [0.5, 0.6) is 5.75 Å². The number of rotatable bonds is 3. The van der Waals surface area contributed by atoms with E-state index in [-0.39, 0.29) is 11.3 Å². The van der Waals surface area contributed by atoms with E-state index in [0.717, 1.165) is 5.56 Å². The summed E-state index contributed by atoms with van der Waals surface area (Å²) in [6.07, 6.45) is 0. The van der Waals surface area contributed by atoms with E-state index in [0.29, 0.717) is 10.0 Å². The minimum Gasteiger partial charge on any atom is -0.495 e. The van der Waals surface area contributed by atoms with Crippen LogP contribution in [0.15, 0.2) is 10.5 Å². The van der Waals surface area contributed by atoms with E-state index in [1.807, 2.05) is 6.92 Å². The van der Waals surface area contributed by atoms with Gasteiger partial charge in [-0.05, 0) is 40.9 Å². The summed E-state index contributed by atoms with van der Waals surface area (Å²) in [5.74, 6) is -2.18. The average Bonchev–Trinajstić information content (AvgIpc) is 2.21. The molecule has 1 rings (SSSR count). The molecule has 1 aromatic carbocycles. The van der Waals surface area contributed by atoms with Gasteiger partial charge in [-0.3, -0.25) is 4.79 Å². The normalized spacial score (nSPS) is 10.0. The Morgan fingerprint density at radius 2 is 1.88 bits per heavy atom. The zero-order valence-corrected chi connectivity index (χ0v) is 10.7. The number of ketones is 1. The van der Waals surface area contributed by atoms with Gasteiger partial charge in [0.2, 0.25) is 0 Å². The van der Waals surface area contributed by atoms with Crippen LogP contribution in [-0.4, -0.2) is 24.0 Å². The topological polar surface area (TPSA) is 63.6 Å². The summed E-state index contributed by atoms with van der Waals surface area (Å²) >= 11 is 3.27. The van der Waals surface area contributed by atoms with Crippen molar-refractivity contribution in [3.8, 4) is 5.75 Å². The Labute approximate surface area is 101 Å². The maximum atomic E-state index is 11.5. The van der Waals surface area contributed by atoms with Crippen molar-refractivity contribution >= 4 is 27.7 Å². The van der Waals surface area contributed by atoms with E-state index in [9.17, 15) is 9.59 Å². The first-order chi connectivity index (χ1) is 7.40. The van der Waals surface area contributed by atoms with Crippen LogP contribution in [0.2, 0.25) is 0 Å². The van der Waals surface area contributed by atoms with Crippen molar-refractivity contribution in [1.82, 2.24) is 0 Å². The van der Waals surface area contributed by atoms with Gasteiger partial charge >= 0.3 is 5.97 Å². The van der Waals surface area contributed by atoms with Crippen LogP contribution in [0.3, 0.4) is 0 Å². The number of benzene rings is 1. The second-order valence-electron chi connectivity index (χ2n) is 3.37. The number of hydrogen-bond acceptors (Lipinski definition) is 3. The summed E-state index contributed by atoms with van der Waals surface area (Å²) in [6, 6.07) is 1.74.